The summed E-state index contributed by atoms with van der Waals surface area (Å²) in [6, 6.07) is 0. The van der Waals surface area contributed by atoms with Crippen molar-refractivity contribution in [2.24, 2.45) is 0 Å². The van der Waals surface area contributed by atoms with Crippen molar-refractivity contribution < 1.29 is 28.6 Å². The van der Waals surface area contributed by atoms with E-state index in [1.165, 1.54) is 109 Å². The van der Waals surface area contributed by atoms with Crippen LogP contribution in [0.2, 0.25) is 0 Å². The topological polar surface area (TPSA) is 78.9 Å². The molecule has 0 aliphatic rings. The molecule has 6 heteroatoms. The van der Waals surface area contributed by atoms with Gasteiger partial charge in [-0.05, 0) is 141 Å². The summed E-state index contributed by atoms with van der Waals surface area (Å²) in [5, 5.41) is 0. The van der Waals surface area contributed by atoms with E-state index in [1.54, 1.807) is 0 Å². The molecule has 0 heterocycles. The van der Waals surface area contributed by atoms with Crippen molar-refractivity contribution in [3.63, 3.8) is 0 Å². The van der Waals surface area contributed by atoms with Crippen LogP contribution in [0.3, 0.4) is 0 Å². The van der Waals surface area contributed by atoms with Gasteiger partial charge < -0.3 is 14.2 Å². The summed E-state index contributed by atoms with van der Waals surface area (Å²) in [5.41, 5.74) is 0. The van der Waals surface area contributed by atoms with Gasteiger partial charge in [-0.1, -0.05) is 288 Å². The second-order valence-corrected chi connectivity index (χ2v) is 22.0. The van der Waals surface area contributed by atoms with Crippen molar-refractivity contribution in [2.75, 3.05) is 13.2 Å². The van der Waals surface area contributed by atoms with Crippen molar-refractivity contribution >= 4 is 17.9 Å². The fraction of sp³-hybridized carbons (Fsp3) is 0.623. The van der Waals surface area contributed by atoms with Gasteiger partial charge in [-0.3, -0.25) is 14.4 Å². The highest BCUT2D eigenvalue weighted by Gasteiger charge is 2.19. The van der Waals surface area contributed by atoms with E-state index in [1.807, 2.05) is 0 Å². The minimum absolute atomic E-state index is 0.109. The number of rotatable bonds is 60. The maximum Gasteiger partial charge on any atom is 0.306 e. The van der Waals surface area contributed by atoms with Crippen LogP contribution in [0.5, 0.6) is 0 Å². The second-order valence-electron chi connectivity index (χ2n) is 22.0. The van der Waals surface area contributed by atoms with Crippen LogP contribution in [0, 0.1) is 0 Å². The third-order valence-electron chi connectivity index (χ3n) is 14.0. The van der Waals surface area contributed by atoms with Gasteiger partial charge in [0.15, 0.2) is 6.10 Å². The number of hydrogen-bond acceptors (Lipinski definition) is 6. The Morgan fingerprint density at radius 2 is 0.482 bits per heavy atom. The molecule has 0 aromatic heterocycles. The van der Waals surface area contributed by atoms with Gasteiger partial charge in [-0.25, -0.2) is 0 Å². The van der Waals surface area contributed by atoms with Crippen LogP contribution in [-0.2, 0) is 28.6 Å². The van der Waals surface area contributed by atoms with E-state index in [-0.39, 0.29) is 37.5 Å². The van der Waals surface area contributed by atoms with Crippen molar-refractivity contribution in [3.05, 3.63) is 158 Å². The van der Waals surface area contributed by atoms with Crippen LogP contribution in [0.1, 0.15) is 290 Å². The molecule has 0 spiro atoms. The van der Waals surface area contributed by atoms with E-state index in [4.69, 9.17) is 14.2 Å². The first-order valence-electron chi connectivity index (χ1n) is 34.0. The van der Waals surface area contributed by atoms with E-state index in [9.17, 15) is 14.4 Å². The van der Waals surface area contributed by atoms with E-state index in [0.29, 0.717) is 19.3 Å². The summed E-state index contributed by atoms with van der Waals surface area (Å²) in [7, 11) is 0. The zero-order valence-electron chi connectivity index (χ0n) is 53.7. The third kappa shape index (κ3) is 67.7. The molecular formula is C77H124O6. The fourth-order valence-corrected chi connectivity index (χ4v) is 8.98. The molecule has 0 amide bonds. The first-order chi connectivity index (χ1) is 41.0. The van der Waals surface area contributed by atoms with E-state index < -0.39 is 6.10 Å². The van der Waals surface area contributed by atoms with Crippen molar-refractivity contribution in [2.45, 2.75) is 297 Å². The Balaban J connectivity index is 4.40. The van der Waals surface area contributed by atoms with Crippen LogP contribution in [0.15, 0.2) is 158 Å². The molecule has 0 aromatic carbocycles. The molecule has 0 radical (unpaired) electrons. The van der Waals surface area contributed by atoms with Gasteiger partial charge in [0.1, 0.15) is 13.2 Å². The molecule has 0 rings (SSSR count). The maximum atomic E-state index is 12.9. The van der Waals surface area contributed by atoms with Gasteiger partial charge >= 0.3 is 17.9 Å². The normalized spacial score (nSPS) is 13.1. The zero-order chi connectivity index (χ0) is 59.9. The number of esters is 3. The smallest absolute Gasteiger partial charge is 0.306 e. The Labute approximate surface area is 511 Å². The van der Waals surface area contributed by atoms with Crippen molar-refractivity contribution in [3.8, 4) is 0 Å². The predicted molar refractivity (Wildman–Crippen MR) is 362 cm³/mol. The Bertz CT molecular complexity index is 1840. The van der Waals surface area contributed by atoms with Gasteiger partial charge in [0.2, 0.25) is 0 Å². The first kappa shape index (κ1) is 78.0. The van der Waals surface area contributed by atoms with Crippen LogP contribution >= 0.6 is 0 Å². The van der Waals surface area contributed by atoms with Crippen LogP contribution in [0.4, 0.5) is 0 Å². The molecule has 0 N–H and O–H groups in total. The lowest BCUT2D eigenvalue weighted by molar-refractivity contribution is -0.167. The van der Waals surface area contributed by atoms with Gasteiger partial charge in [0.05, 0.1) is 0 Å². The number of carbonyl (C=O) groups excluding carboxylic acids is 3. The minimum Gasteiger partial charge on any atom is -0.462 e. The highest BCUT2D eigenvalue weighted by Crippen LogP contribution is 2.15. The SMILES string of the molecule is CC/C=C\C/C=C\C/C=C\C/C=C\C/C=C\C/C=C\C/C=C\CCCC(=O)OC(COC(=O)CCCCCCC/C=C\CCCCCC)COC(=O)CCCCCCCCCCCCCCC/C=C\C/C=C\C/C=C\C/C=C\C/C=C\CC. The summed E-state index contributed by atoms with van der Waals surface area (Å²) in [4.78, 5) is 38.4. The quantitative estimate of drug-likeness (QED) is 0.0261. The minimum atomic E-state index is -0.820. The highest BCUT2D eigenvalue weighted by atomic mass is 16.6. The van der Waals surface area contributed by atoms with Crippen molar-refractivity contribution in [1.82, 2.24) is 0 Å². The van der Waals surface area contributed by atoms with Crippen LogP contribution < -0.4 is 0 Å². The van der Waals surface area contributed by atoms with Gasteiger partial charge in [-0.15, -0.1) is 0 Å². The van der Waals surface area contributed by atoms with E-state index in [2.05, 4.69) is 179 Å². The molecule has 0 saturated carbocycles. The lowest BCUT2D eigenvalue weighted by atomic mass is 10.0. The summed E-state index contributed by atoms with van der Waals surface area (Å²) < 4.78 is 16.9. The van der Waals surface area contributed by atoms with Gasteiger partial charge in [-0.2, -0.15) is 0 Å². The highest BCUT2D eigenvalue weighted by molar-refractivity contribution is 5.71. The molecule has 0 aliphatic heterocycles. The Hall–Kier alpha value is -4.97. The fourth-order valence-electron chi connectivity index (χ4n) is 8.98. The molecule has 0 fully saturated rings. The van der Waals surface area contributed by atoms with Crippen LogP contribution in [0.25, 0.3) is 0 Å². The van der Waals surface area contributed by atoms with Gasteiger partial charge in [0.25, 0.3) is 0 Å². The number of unbranched alkanes of at least 4 members (excludes halogenated alkanes) is 23. The average Bonchev–Trinajstić information content (AvgIpc) is 3.49. The average molecular weight is 1150 g/mol. The molecule has 1 unspecified atom stereocenters. The second kappa shape index (κ2) is 69.5. The first-order valence-corrected chi connectivity index (χ1v) is 34.0. The summed E-state index contributed by atoms with van der Waals surface area (Å²) in [6.07, 6.45) is 101. The molecular weight excluding hydrogens is 1020 g/mol. The van der Waals surface area contributed by atoms with Crippen LogP contribution in [-0.4, -0.2) is 37.2 Å². The van der Waals surface area contributed by atoms with Crippen molar-refractivity contribution in [1.29, 1.82) is 0 Å². The Morgan fingerprint density at radius 3 is 0.783 bits per heavy atom. The third-order valence-corrected chi connectivity index (χ3v) is 14.0. The number of ether oxygens (including phenoxy) is 3. The lowest BCUT2D eigenvalue weighted by Gasteiger charge is -2.18. The molecule has 468 valence electrons. The monoisotopic (exact) mass is 1140 g/mol. The number of hydrogen-bond donors (Lipinski definition) is 0. The number of allylic oxidation sites excluding steroid dienone is 26. The zero-order valence-corrected chi connectivity index (χ0v) is 53.7. The lowest BCUT2D eigenvalue weighted by Crippen LogP contribution is -2.30. The summed E-state index contributed by atoms with van der Waals surface area (Å²) in [5.74, 6) is -0.978. The molecule has 6 nitrogen and oxygen atoms in total. The molecule has 0 aliphatic carbocycles. The molecule has 0 aromatic rings. The molecule has 1 atom stereocenters. The van der Waals surface area contributed by atoms with Gasteiger partial charge in [0, 0.05) is 19.3 Å². The Kier molecular flexibility index (Phi) is 65.4. The number of carbonyl (C=O) groups is 3. The molecule has 0 saturated heterocycles. The Morgan fingerprint density at radius 1 is 0.253 bits per heavy atom. The summed E-state index contributed by atoms with van der Waals surface area (Å²) in [6.45, 7) is 6.35. The summed E-state index contributed by atoms with van der Waals surface area (Å²) >= 11 is 0. The largest absolute Gasteiger partial charge is 0.462 e. The van der Waals surface area contributed by atoms with E-state index in [0.717, 1.165) is 135 Å². The molecule has 0 bridgehead atoms. The molecule has 83 heavy (non-hydrogen) atoms. The predicted octanol–water partition coefficient (Wildman–Crippen LogP) is 23.7. The standard InChI is InChI=1S/C77H124O6/c1-4-7-10-13-16-19-22-25-27-29-31-33-35-36-37-38-39-40-42-43-45-47-49-52-55-58-61-64-67-70-76(79)82-73-74(72-81-75(78)69-66-63-60-57-54-51-24-21-18-15-12-9-6-3)83-77(80)71-68-65-62-59-56-53-50-48-46-44-41-34-32-30-28-26-23-20-17-14-11-8-5-2/h7-8,10-11,16-17,19-21,24-28,31-34,36-37,44,46,50,53,59,62,74H,4-6,9,12-15,18,22-23,29-30,35,38-43,45,47-49,51-52,54-58,60-61,63-73H2,1-3H3/b10-7-,11-8-,19-16-,20-17-,24-21-,27-25-,28-26-,33-31-,34-32-,37-36-,46-44-,53-50-,62-59-. The maximum absolute atomic E-state index is 12.9. The van der Waals surface area contributed by atoms with E-state index >= 15 is 0 Å².